The highest BCUT2D eigenvalue weighted by molar-refractivity contribution is 6.18. The van der Waals surface area contributed by atoms with Crippen molar-refractivity contribution in [1.82, 2.24) is 4.57 Å². The number of aromatic nitrogens is 1. The van der Waals surface area contributed by atoms with Crippen LogP contribution in [0.25, 0.3) is 32.6 Å². The molecule has 0 fully saturated rings. The van der Waals surface area contributed by atoms with E-state index in [2.05, 4.69) is 89.5 Å². The molecule has 0 N–H and O–H groups in total. The number of benzene rings is 4. The first-order valence-electron chi connectivity index (χ1n) is 9.37. The van der Waals surface area contributed by atoms with Gasteiger partial charge < -0.3 is 4.57 Å². The van der Waals surface area contributed by atoms with Crippen molar-refractivity contribution in [1.29, 1.82) is 0 Å². The fraction of sp³-hybridized carbons (Fsp3) is 0.120. The smallest absolute Gasteiger partial charge is 0.0491 e. The Morgan fingerprint density at radius 1 is 0.667 bits per heavy atom. The quantitative estimate of drug-likeness (QED) is 0.308. The Labute approximate surface area is 163 Å². The Kier molecular flexibility index (Phi) is 4.10. The predicted molar refractivity (Wildman–Crippen MR) is 117 cm³/mol. The number of hydrogen-bond donors (Lipinski definition) is 0. The molecule has 5 rings (SSSR count). The van der Waals surface area contributed by atoms with Gasteiger partial charge in [0.2, 0.25) is 0 Å². The van der Waals surface area contributed by atoms with Gasteiger partial charge in [0.1, 0.15) is 0 Å². The summed E-state index contributed by atoms with van der Waals surface area (Å²) >= 11 is 6.07. The first kappa shape index (κ1) is 16.4. The second-order valence-corrected chi connectivity index (χ2v) is 7.40. The molecule has 0 aliphatic rings. The number of fused-ring (bicyclic) bond motifs is 4. The zero-order valence-electron chi connectivity index (χ0n) is 15.0. The number of para-hydroxylation sites is 1. The minimum Gasteiger partial charge on any atom is -0.339 e. The normalized spacial score (nSPS) is 11.6. The number of aryl methyl sites for hydroxylation is 1. The molecule has 27 heavy (non-hydrogen) atoms. The van der Waals surface area contributed by atoms with Crippen LogP contribution in [-0.4, -0.2) is 10.4 Å². The summed E-state index contributed by atoms with van der Waals surface area (Å²) in [7, 11) is 0. The molecule has 4 aromatic carbocycles. The van der Waals surface area contributed by atoms with E-state index >= 15 is 0 Å². The van der Waals surface area contributed by atoms with E-state index in [9.17, 15) is 0 Å². The van der Waals surface area contributed by atoms with Crippen molar-refractivity contribution < 1.29 is 0 Å². The molecule has 0 atom stereocenters. The maximum absolute atomic E-state index is 6.07. The third-order valence-electron chi connectivity index (χ3n) is 5.42. The van der Waals surface area contributed by atoms with Crippen molar-refractivity contribution in [3.05, 3.63) is 96.1 Å². The summed E-state index contributed by atoms with van der Waals surface area (Å²) in [5.74, 6) is 0.617. The Morgan fingerprint density at radius 2 is 1.41 bits per heavy atom. The maximum atomic E-state index is 6.07. The number of nitrogens with zero attached hydrogens (tertiary/aromatic N) is 1. The number of hydrogen-bond acceptors (Lipinski definition) is 0. The highest BCUT2D eigenvalue weighted by Crippen LogP contribution is 2.31. The van der Waals surface area contributed by atoms with Crippen LogP contribution in [0.3, 0.4) is 0 Å². The van der Waals surface area contributed by atoms with Gasteiger partial charge in [-0.3, -0.25) is 0 Å². The third kappa shape index (κ3) is 2.79. The average molecular weight is 370 g/mol. The summed E-state index contributed by atoms with van der Waals surface area (Å²) in [4.78, 5) is 0. The van der Waals surface area contributed by atoms with Crippen LogP contribution in [0.4, 0.5) is 0 Å². The molecule has 0 amide bonds. The van der Waals surface area contributed by atoms with Gasteiger partial charge in [0.15, 0.2) is 0 Å². The molecular weight excluding hydrogens is 350 g/mol. The zero-order valence-corrected chi connectivity index (χ0v) is 15.8. The number of alkyl halides is 1. The van der Waals surface area contributed by atoms with Gasteiger partial charge in [0.25, 0.3) is 0 Å². The van der Waals surface area contributed by atoms with Gasteiger partial charge in [-0.25, -0.2) is 0 Å². The minimum absolute atomic E-state index is 0.617. The largest absolute Gasteiger partial charge is 0.339 e. The van der Waals surface area contributed by atoms with E-state index in [4.69, 9.17) is 11.6 Å². The van der Waals surface area contributed by atoms with Crippen LogP contribution in [0.2, 0.25) is 0 Å². The van der Waals surface area contributed by atoms with Crippen LogP contribution >= 0.6 is 11.6 Å². The van der Waals surface area contributed by atoms with Crippen molar-refractivity contribution >= 4 is 44.2 Å². The molecule has 5 aromatic rings. The van der Waals surface area contributed by atoms with Crippen LogP contribution in [0.5, 0.6) is 0 Å². The van der Waals surface area contributed by atoms with E-state index in [1.165, 1.54) is 43.7 Å². The SMILES string of the molecule is ClCCn1c2ccccc2c2cc(Cc3cccc4ccccc34)ccc21. The van der Waals surface area contributed by atoms with E-state index in [0.29, 0.717) is 5.88 Å². The van der Waals surface area contributed by atoms with Crippen LogP contribution in [0, 0.1) is 0 Å². The Morgan fingerprint density at radius 3 is 2.30 bits per heavy atom. The molecule has 1 nitrogen and oxygen atoms in total. The lowest BCUT2D eigenvalue weighted by Crippen LogP contribution is -1.98. The Hall–Kier alpha value is -2.77. The molecule has 0 saturated carbocycles. The highest BCUT2D eigenvalue weighted by atomic mass is 35.5. The lowest BCUT2D eigenvalue weighted by atomic mass is 9.97. The highest BCUT2D eigenvalue weighted by Gasteiger charge is 2.11. The minimum atomic E-state index is 0.617. The van der Waals surface area contributed by atoms with Gasteiger partial charge in [0.05, 0.1) is 0 Å². The fourth-order valence-corrected chi connectivity index (χ4v) is 4.37. The Bertz CT molecular complexity index is 1260. The maximum Gasteiger partial charge on any atom is 0.0491 e. The molecule has 0 bridgehead atoms. The topological polar surface area (TPSA) is 4.93 Å². The van der Waals surface area contributed by atoms with E-state index < -0.39 is 0 Å². The van der Waals surface area contributed by atoms with Crippen molar-refractivity contribution in [3.63, 3.8) is 0 Å². The molecule has 0 aliphatic heterocycles. The first-order valence-corrected chi connectivity index (χ1v) is 9.91. The van der Waals surface area contributed by atoms with E-state index in [1.807, 2.05) is 0 Å². The monoisotopic (exact) mass is 369 g/mol. The van der Waals surface area contributed by atoms with E-state index in [0.717, 1.165) is 13.0 Å². The molecule has 0 spiro atoms. The predicted octanol–water partition coefficient (Wildman–Crippen LogP) is 6.78. The molecule has 1 aromatic heterocycles. The fourth-order valence-electron chi connectivity index (χ4n) is 4.20. The lowest BCUT2D eigenvalue weighted by molar-refractivity contribution is 0.833. The second-order valence-electron chi connectivity index (χ2n) is 7.02. The molecular formula is C25H20ClN. The van der Waals surface area contributed by atoms with Gasteiger partial charge in [-0.2, -0.15) is 0 Å². The molecule has 132 valence electrons. The van der Waals surface area contributed by atoms with Crippen molar-refractivity contribution in [2.75, 3.05) is 5.88 Å². The number of halogens is 1. The van der Waals surface area contributed by atoms with Gasteiger partial charge in [-0.15, -0.1) is 11.6 Å². The second kappa shape index (κ2) is 6.75. The number of rotatable bonds is 4. The molecule has 0 aliphatic carbocycles. The third-order valence-corrected chi connectivity index (χ3v) is 5.59. The summed E-state index contributed by atoms with van der Waals surface area (Å²) < 4.78 is 2.33. The molecule has 0 unspecified atom stereocenters. The first-order chi connectivity index (χ1) is 13.3. The molecule has 1 heterocycles. The summed E-state index contributed by atoms with van der Waals surface area (Å²) in [5.41, 5.74) is 5.23. The summed E-state index contributed by atoms with van der Waals surface area (Å²) in [6, 6.07) is 30.7. The lowest BCUT2D eigenvalue weighted by Gasteiger charge is -2.08. The van der Waals surface area contributed by atoms with Crippen molar-refractivity contribution in [2.24, 2.45) is 0 Å². The van der Waals surface area contributed by atoms with Crippen LogP contribution in [-0.2, 0) is 13.0 Å². The Balaban J connectivity index is 1.65. The standard InChI is InChI=1S/C25H20ClN/c26-14-15-27-24-11-4-3-10-22(24)23-17-18(12-13-25(23)27)16-20-8-5-7-19-6-1-2-9-21(19)20/h1-13,17H,14-16H2. The van der Waals surface area contributed by atoms with Gasteiger partial charge in [0, 0.05) is 34.2 Å². The van der Waals surface area contributed by atoms with Crippen LogP contribution in [0.1, 0.15) is 11.1 Å². The average Bonchev–Trinajstić information content (AvgIpc) is 3.02. The van der Waals surface area contributed by atoms with Crippen molar-refractivity contribution in [3.8, 4) is 0 Å². The molecule has 0 saturated heterocycles. The van der Waals surface area contributed by atoms with Gasteiger partial charge in [-0.1, -0.05) is 66.7 Å². The van der Waals surface area contributed by atoms with E-state index in [-0.39, 0.29) is 0 Å². The van der Waals surface area contributed by atoms with Crippen molar-refractivity contribution in [2.45, 2.75) is 13.0 Å². The molecule has 2 heteroatoms. The van der Waals surface area contributed by atoms with Crippen LogP contribution in [0.15, 0.2) is 84.9 Å². The molecule has 0 radical (unpaired) electrons. The van der Waals surface area contributed by atoms with Gasteiger partial charge >= 0.3 is 0 Å². The van der Waals surface area contributed by atoms with Crippen LogP contribution < -0.4 is 0 Å². The van der Waals surface area contributed by atoms with Gasteiger partial charge in [-0.05, 0) is 46.5 Å². The summed E-state index contributed by atoms with van der Waals surface area (Å²) in [6.07, 6.45) is 0.937. The zero-order chi connectivity index (χ0) is 18.2. The summed E-state index contributed by atoms with van der Waals surface area (Å²) in [5, 5.41) is 5.25. The van der Waals surface area contributed by atoms with E-state index in [1.54, 1.807) is 0 Å². The summed E-state index contributed by atoms with van der Waals surface area (Å²) in [6.45, 7) is 0.828.